The van der Waals surface area contributed by atoms with Gasteiger partial charge in [-0.15, -0.1) is 0 Å². The van der Waals surface area contributed by atoms with Crippen LogP contribution in [0.3, 0.4) is 0 Å². The van der Waals surface area contributed by atoms with Crippen molar-refractivity contribution >= 4 is 23.0 Å². The third-order valence-corrected chi connectivity index (χ3v) is 2.83. The topological polar surface area (TPSA) is 9.23 Å². The van der Waals surface area contributed by atoms with E-state index in [4.69, 9.17) is 3.07 Å². The molecule has 0 aliphatic heterocycles. The molecule has 0 aromatic heterocycles. The monoisotopic (exact) mass is 266 g/mol. The first-order chi connectivity index (χ1) is 5.36. The molecule has 0 amide bonds. The van der Waals surface area contributed by atoms with Gasteiger partial charge in [0.15, 0.2) is 0 Å². The molecular weight excluding hydrogens is 251 g/mol. The molecule has 0 radical (unpaired) electrons. The summed E-state index contributed by atoms with van der Waals surface area (Å²) in [5.41, 5.74) is 1.60. The standard InChI is InChI=1S/C9H15IO/c1-2-4-8-5-3-6-9(7-8)11-10/h5,9H,2-4,6-7H2,1H3. The summed E-state index contributed by atoms with van der Waals surface area (Å²) in [6.07, 6.45) is 8.98. The van der Waals surface area contributed by atoms with Crippen molar-refractivity contribution in [1.82, 2.24) is 0 Å². The van der Waals surface area contributed by atoms with E-state index in [1.54, 1.807) is 5.57 Å². The maximum absolute atomic E-state index is 5.30. The molecule has 64 valence electrons. The average molecular weight is 266 g/mol. The summed E-state index contributed by atoms with van der Waals surface area (Å²) in [7, 11) is 0. The fourth-order valence-electron chi connectivity index (χ4n) is 1.55. The van der Waals surface area contributed by atoms with E-state index in [-0.39, 0.29) is 0 Å². The third-order valence-electron chi connectivity index (χ3n) is 2.11. The zero-order chi connectivity index (χ0) is 8.10. The Labute approximate surface area is 82.9 Å². The summed E-state index contributed by atoms with van der Waals surface area (Å²) in [5.74, 6) is 0. The van der Waals surface area contributed by atoms with Crippen molar-refractivity contribution in [3.8, 4) is 0 Å². The maximum atomic E-state index is 5.30. The van der Waals surface area contributed by atoms with Crippen LogP contribution in [0.15, 0.2) is 11.6 Å². The van der Waals surface area contributed by atoms with Gasteiger partial charge in [-0.3, -0.25) is 0 Å². The minimum absolute atomic E-state index is 0.488. The summed E-state index contributed by atoms with van der Waals surface area (Å²) < 4.78 is 5.30. The Morgan fingerprint density at radius 1 is 1.73 bits per heavy atom. The van der Waals surface area contributed by atoms with Crippen LogP contribution in [0.2, 0.25) is 0 Å². The normalized spacial score (nSPS) is 24.9. The average Bonchev–Trinajstić information content (AvgIpc) is 2.06. The van der Waals surface area contributed by atoms with Gasteiger partial charge in [-0.1, -0.05) is 25.0 Å². The van der Waals surface area contributed by atoms with Crippen LogP contribution < -0.4 is 0 Å². The molecule has 0 heterocycles. The highest BCUT2D eigenvalue weighted by atomic mass is 127. The molecular formula is C9H15IO. The van der Waals surface area contributed by atoms with Crippen molar-refractivity contribution in [2.75, 3.05) is 0 Å². The van der Waals surface area contributed by atoms with Crippen molar-refractivity contribution < 1.29 is 3.07 Å². The first-order valence-corrected chi connectivity index (χ1v) is 5.20. The number of allylic oxidation sites excluding steroid dienone is 1. The van der Waals surface area contributed by atoms with E-state index in [9.17, 15) is 0 Å². The second kappa shape index (κ2) is 5.14. The number of hydrogen-bond donors (Lipinski definition) is 0. The van der Waals surface area contributed by atoms with Gasteiger partial charge in [0.05, 0.1) is 6.10 Å². The predicted molar refractivity (Wildman–Crippen MR) is 55.7 cm³/mol. The molecule has 0 saturated heterocycles. The number of halogens is 1. The molecule has 0 fully saturated rings. The van der Waals surface area contributed by atoms with Crippen LogP contribution in [-0.4, -0.2) is 6.10 Å². The number of rotatable bonds is 3. The first-order valence-electron chi connectivity index (χ1n) is 4.32. The molecule has 0 bridgehead atoms. The Kier molecular flexibility index (Phi) is 4.45. The van der Waals surface area contributed by atoms with Gasteiger partial charge in [-0.25, -0.2) is 0 Å². The van der Waals surface area contributed by atoms with E-state index in [1.807, 2.05) is 23.0 Å². The molecule has 1 aliphatic rings. The quantitative estimate of drug-likeness (QED) is 0.560. The van der Waals surface area contributed by atoms with Gasteiger partial charge in [-0.05, 0) is 25.7 Å². The minimum Gasteiger partial charge on any atom is -0.312 e. The molecule has 0 N–H and O–H groups in total. The van der Waals surface area contributed by atoms with Gasteiger partial charge < -0.3 is 3.07 Å². The van der Waals surface area contributed by atoms with Gasteiger partial charge in [0.1, 0.15) is 23.0 Å². The van der Waals surface area contributed by atoms with Crippen molar-refractivity contribution in [3.05, 3.63) is 11.6 Å². The van der Waals surface area contributed by atoms with Crippen LogP contribution in [0.4, 0.5) is 0 Å². The van der Waals surface area contributed by atoms with E-state index < -0.39 is 0 Å². The SMILES string of the molecule is CCCC1=CCCC(OI)C1. The molecule has 0 spiro atoms. The summed E-state index contributed by atoms with van der Waals surface area (Å²) in [6.45, 7) is 2.23. The van der Waals surface area contributed by atoms with Crippen LogP contribution in [0.1, 0.15) is 39.0 Å². The Balaban J connectivity index is 2.35. The van der Waals surface area contributed by atoms with Gasteiger partial charge in [0.25, 0.3) is 0 Å². The third kappa shape index (κ3) is 3.11. The van der Waals surface area contributed by atoms with Crippen LogP contribution in [-0.2, 0) is 3.07 Å². The minimum atomic E-state index is 0.488. The van der Waals surface area contributed by atoms with E-state index in [0.717, 1.165) is 6.42 Å². The fourth-order valence-corrected chi connectivity index (χ4v) is 1.99. The van der Waals surface area contributed by atoms with Crippen LogP contribution in [0.25, 0.3) is 0 Å². The predicted octanol–water partition coefficient (Wildman–Crippen LogP) is 3.63. The second-order valence-corrected chi connectivity index (χ2v) is 3.61. The lowest BCUT2D eigenvalue weighted by Crippen LogP contribution is -2.12. The summed E-state index contributed by atoms with van der Waals surface area (Å²) >= 11 is 2.02. The van der Waals surface area contributed by atoms with Gasteiger partial charge in [0.2, 0.25) is 0 Å². The fraction of sp³-hybridized carbons (Fsp3) is 0.778. The zero-order valence-corrected chi connectivity index (χ0v) is 9.13. The van der Waals surface area contributed by atoms with Crippen molar-refractivity contribution in [2.24, 2.45) is 0 Å². The van der Waals surface area contributed by atoms with Crippen LogP contribution in [0, 0.1) is 0 Å². The summed E-state index contributed by atoms with van der Waals surface area (Å²) in [6, 6.07) is 0. The molecule has 0 saturated carbocycles. The van der Waals surface area contributed by atoms with E-state index in [2.05, 4.69) is 13.0 Å². The van der Waals surface area contributed by atoms with Crippen LogP contribution >= 0.6 is 23.0 Å². The Bertz CT molecular complexity index is 142. The van der Waals surface area contributed by atoms with Crippen molar-refractivity contribution in [2.45, 2.75) is 45.1 Å². The molecule has 1 aliphatic carbocycles. The largest absolute Gasteiger partial charge is 0.312 e. The lowest BCUT2D eigenvalue weighted by atomic mass is 9.94. The van der Waals surface area contributed by atoms with Crippen molar-refractivity contribution in [1.29, 1.82) is 0 Å². The molecule has 0 aromatic carbocycles. The highest BCUT2D eigenvalue weighted by Crippen LogP contribution is 2.25. The maximum Gasteiger partial charge on any atom is 0.110 e. The first kappa shape index (κ1) is 9.52. The molecule has 2 heteroatoms. The van der Waals surface area contributed by atoms with Gasteiger partial charge in [-0.2, -0.15) is 0 Å². The molecule has 11 heavy (non-hydrogen) atoms. The second-order valence-electron chi connectivity index (χ2n) is 3.10. The highest BCUT2D eigenvalue weighted by Gasteiger charge is 2.14. The van der Waals surface area contributed by atoms with E-state index >= 15 is 0 Å². The molecule has 1 rings (SSSR count). The lowest BCUT2D eigenvalue weighted by Gasteiger charge is -2.19. The molecule has 1 unspecified atom stereocenters. The smallest absolute Gasteiger partial charge is 0.110 e. The van der Waals surface area contributed by atoms with Gasteiger partial charge in [0, 0.05) is 0 Å². The Morgan fingerprint density at radius 2 is 2.55 bits per heavy atom. The Morgan fingerprint density at radius 3 is 3.18 bits per heavy atom. The van der Waals surface area contributed by atoms with Crippen LogP contribution in [0.5, 0.6) is 0 Å². The molecule has 1 nitrogen and oxygen atoms in total. The number of hydrogen-bond acceptors (Lipinski definition) is 1. The Hall–Kier alpha value is 0.430. The molecule has 0 aromatic rings. The van der Waals surface area contributed by atoms with Gasteiger partial charge >= 0.3 is 0 Å². The summed E-state index contributed by atoms with van der Waals surface area (Å²) in [4.78, 5) is 0. The highest BCUT2D eigenvalue weighted by molar-refractivity contribution is 14.1. The molecule has 1 atom stereocenters. The zero-order valence-electron chi connectivity index (χ0n) is 6.98. The van der Waals surface area contributed by atoms with E-state index in [1.165, 1.54) is 25.7 Å². The summed E-state index contributed by atoms with van der Waals surface area (Å²) in [5, 5.41) is 0. The lowest BCUT2D eigenvalue weighted by molar-refractivity contribution is 0.258. The van der Waals surface area contributed by atoms with E-state index in [0.29, 0.717) is 6.10 Å². The van der Waals surface area contributed by atoms with Crippen molar-refractivity contribution in [3.63, 3.8) is 0 Å².